The van der Waals surface area contributed by atoms with E-state index in [-0.39, 0.29) is 0 Å². The number of aliphatic carboxylic acids is 1. The van der Waals surface area contributed by atoms with Crippen LogP contribution in [0.2, 0.25) is 0 Å². The van der Waals surface area contributed by atoms with Gasteiger partial charge in [0.15, 0.2) is 5.60 Å². The fourth-order valence-corrected chi connectivity index (χ4v) is 1.72. The normalized spacial score (nSPS) is 15.6. The highest BCUT2D eigenvalue weighted by atomic mass is 16.5. The van der Waals surface area contributed by atoms with Crippen molar-refractivity contribution in [3.8, 4) is 0 Å². The average Bonchev–Trinajstić information content (AvgIpc) is 2.24. The lowest BCUT2D eigenvalue weighted by molar-refractivity contribution is -0.172. The van der Waals surface area contributed by atoms with E-state index in [1.165, 1.54) is 0 Å². The van der Waals surface area contributed by atoms with Crippen LogP contribution >= 0.6 is 0 Å². The molecule has 0 aliphatic rings. The summed E-state index contributed by atoms with van der Waals surface area (Å²) in [5.74, 6) is -0.931. The summed E-state index contributed by atoms with van der Waals surface area (Å²) < 4.78 is 10.8. The van der Waals surface area contributed by atoms with Gasteiger partial charge in [0, 0.05) is 20.1 Å². The number of methoxy groups -OCH3 is 1. The molecule has 0 aliphatic carbocycles. The molecule has 0 aromatic heterocycles. The number of carboxylic acids is 1. The number of unbranched alkanes of at least 4 members (excludes halogenated alkanes) is 2. The van der Waals surface area contributed by atoms with E-state index in [1.807, 2.05) is 13.8 Å². The van der Waals surface area contributed by atoms with Crippen LogP contribution in [-0.2, 0) is 14.3 Å². The van der Waals surface area contributed by atoms with E-state index in [4.69, 9.17) is 9.47 Å². The molecule has 17 heavy (non-hydrogen) atoms. The minimum atomic E-state index is -1.17. The Labute approximate surface area is 104 Å². The first-order chi connectivity index (χ1) is 7.77. The highest BCUT2D eigenvalue weighted by Gasteiger charge is 2.40. The summed E-state index contributed by atoms with van der Waals surface area (Å²) in [6.45, 7) is 7.93. The summed E-state index contributed by atoms with van der Waals surface area (Å²) in [5.41, 5.74) is -1.68. The third kappa shape index (κ3) is 6.03. The van der Waals surface area contributed by atoms with Gasteiger partial charge in [0.25, 0.3) is 0 Å². The standard InChI is InChI=1S/C13H26O4/c1-6-7-8-9-17-13(4,11(14)15)10-12(2,3)16-5/h6-10H2,1-5H3,(H,14,15). The predicted octanol–water partition coefficient (Wildman–Crippen LogP) is 2.85. The molecule has 1 atom stereocenters. The van der Waals surface area contributed by atoms with Crippen molar-refractivity contribution in [3.05, 3.63) is 0 Å². The van der Waals surface area contributed by atoms with Crippen LogP contribution in [0.3, 0.4) is 0 Å². The maximum atomic E-state index is 11.3. The number of hydrogen-bond donors (Lipinski definition) is 1. The Hall–Kier alpha value is -0.610. The molecule has 0 amide bonds. The summed E-state index contributed by atoms with van der Waals surface area (Å²) >= 11 is 0. The zero-order valence-electron chi connectivity index (χ0n) is 11.7. The Morgan fingerprint density at radius 3 is 2.24 bits per heavy atom. The van der Waals surface area contributed by atoms with Crippen LogP contribution in [0.1, 0.15) is 53.4 Å². The van der Waals surface area contributed by atoms with Gasteiger partial charge in [-0.1, -0.05) is 19.8 Å². The minimum absolute atomic E-state index is 0.331. The van der Waals surface area contributed by atoms with Crippen LogP contribution in [0, 0.1) is 0 Å². The number of carboxylic acid groups (broad SMARTS) is 1. The molecule has 0 bridgehead atoms. The summed E-state index contributed by atoms with van der Waals surface area (Å²) in [5, 5.41) is 9.27. The molecule has 0 aliphatic heterocycles. The summed E-state index contributed by atoms with van der Waals surface area (Å²) in [7, 11) is 1.58. The van der Waals surface area contributed by atoms with E-state index in [9.17, 15) is 9.90 Å². The molecular formula is C13H26O4. The SMILES string of the molecule is CCCCCOC(C)(CC(C)(C)OC)C(=O)O. The van der Waals surface area contributed by atoms with Crippen LogP contribution < -0.4 is 0 Å². The van der Waals surface area contributed by atoms with Gasteiger partial charge in [0.05, 0.1) is 5.60 Å². The first-order valence-electron chi connectivity index (χ1n) is 6.20. The van der Waals surface area contributed by atoms with Gasteiger partial charge in [0.1, 0.15) is 0 Å². The van der Waals surface area contributed by atoms with Crippen LogP contribution in [0.15, 0.2) is 0 Å². The summed E-state index contributed by atoms with van der Waals surface area (Å²) in [6.07, 6.45) is 3.38. The van der Waals surface area contributed by atoms with Gasteiger partial charge in [0.2, 0.25) is 0 Å². The Bertz CT molecular complexity index is 238. The Kier molecular flexibility index (Phi) is 6.72. The van der Waals surface area contributed by atoms with Crippen molar-refractivity contribution in [2.24, 2.45) is 0 Å². The van der Waals surface area contributed by atoms with Gasteiger partial charge >= 0.3 is 5.97 Å². The molecule has 1 unspecified atom stereocenters. The molecule has 0 heterocycles. The maximum absolute atomic E-state index is 11.3. The van der Waals surface area contributed by atoms with Crippen molar-refractivity contribution in [1.82, 2.24) is 0 Å². The Balaban J connectivity index is 4.41. The van der Waals surface area contributed by atoms with Crippen LogP contribution in [0.5, 0.6) is 0 Å². The number of carbonyl (C=O) groups is 1. The van der Waals surface area contributed by atoms with Crippen LogP contribution in [0.25, 0.3) is 0 Å². The van der Waals surface area contributed by atoms with E-state index in [1.54, 1.807) is 14.0 Å². The van der Waals surface area contributed by atoms with Gasteiger partial charge in [-0.15, -0.1) is 0 Å². The number of rotatable bonds is 9. The summed E-state index contributed by atoms with van der Waals surface area (Å²) in [6, 6.07) is 0. The topological polar surface area (TPSA) is 55.8 Å². The molecule has 1 N–H and O–H groups in total. The van der Waals surface area contributed by atoms with E-state index in [0.717, 1.165) is 19.3 Å². The average molecular weight is 246 g/mol. The van der Waals surface area contributed by atoms with E-state index in [2.05, 4.69) is 6.92 Å². The van der Waals surface area contributed by atoms with Gasteiger partial charge in [-0.05, 0) is 27.2 Å². The van der Waals surface area contributed by atoms with Gasteiger partial charge in [-0.25, -0.2) is 4.79 Å². The lowest BCUT2D eigenvalue weighted by Crippen LogP contribution is -2.45. The molecule has 0 fully saturated rings. The smallest absolute Gasteiger partial charge is 0.335 e. The molecular weight excluding hydrogens is 220 g/mol. The first-order valence-corrected chi connectivity index (χ1v) is 6.20. The molecule has 0 aromatic carbocycles. The monoisotopic (exact) mass is 246 g/mol. The third-order valence-corrected chi connectivity index (χ3v) is 2.94. The van der Waals surface area contributed by atoms with Gasteiger partial charge in [-0.3, -0.25) is 0 Å². The van der Waals surface area contributed by atoms with Crippen LogP contribution in [-0.4, -0.2) is 36.0 Å². The van der Waals surface area contributed by atoms with Crippen molar-refractivity contribution < 1.29 is 19.4 Å². The molecule has 0 radical (unpaired) electrons. The third-order valence-electron chi connectivity index (χ3n) is 2.94. The molecule has 0 spiro atoms. The second-order valence-electron chi connectivity index (χ2n) is 5.23. The van der Waals surface area contributed by atoms with E-state index < -0.39 is 17.2 Å². The number of ether oxygens (including phenoxy) is 2. The van der Waals surface area contributed by atoms with E-state index >= 15 is 0 Å². The highest BCUT2D eigenvalue weighted by molar-refractivity contribution is 5.77. The van der Waals surface area contributed by atoms with Crippen molar-refractivity contribution in [2.45, 2.75) is 64.6 Å². The highest BCUT2D eigenvalue weighted by Crippen LogP contribution is 2.27. The van der Waals surface area contributed by atoms with E-state index in [0.29, 0.717) is 13.0 Å². The lowest BCUT2D eigenvalue weighted by atomic mass is 9.90. The second kappa shape index (κ2) is 6.97. The van der Waals surface area contributed by atoms with Crippen molar-refractivity contribution in [3.63, 3.8) is 0 Å². The predicted molar refractivity (Wildman–Crippen MR) is 67.2 cm³/mol. The largest absolute Gasteiger partial charge is 0.479 e. The number of hydrogen-bond acceptors (Lipinski definition) is 3. The molecule has 0 saturated carbocycles. The second-order valence-corrected chi connectivity index (χ2v) is 5.23. The van der Waals surface area contributed by atoms with Crippen molar-refractivity contribution in [2.75, 3.05) is 13.7 Å². The molecule has 0 saturated heterocycles. The Morgan fingerprint density at radius 2 is 1.82 bits per heavy atom. The zero-order valence-corrected chi connectivity index (χ0v) is 11.7. The summed E-state index contributed by atoms with van der Waals surface area (Å²) in [4.78, 5) is 11.3. The maximum Gasteiger partial charge on any atom is 0.335 e. The molecule has 102 valence electrons. The quantitative estimate of drug-likeness (QED) is 0.636. The van der Waals surface area contributed by atoms with Crippen molar-refractivity contribution >= 4 is 5.97 Å². The molecule has 0 aromatic rings. The molecule has 4 heteroatoms. The molecule has 4 nitrogen and oxygen atoms in total. The Morgan fingerprint density at radius 1 is 1.24 bits per heavy atom. The fourth-order valence-electron chi connectivity index (χ4n) is 1.72. The minimum Gasteiger partial charge on any atom is -0.479 e. The zero-order chi connectivity index (χ0) is 13.5. The lowest BCUT2D eigenvalue weighted by Gasteiger charge is -2.33. The van der Waals surface area contributed by atoms with Gasteiger partial charge < -0.3 is 14.6 Å². The fraction of sp³-hybridized carbons (Fsp3) is 0.923. The molecule has 0 rings (SSSR count). The first kappa shape index (κ1) is 16.4. The van der Waals surface area contributed by atoms with Gasteiger partial charge in [-0.2, -0.15) is 0 Å². The van der Waals surface area contributed by atoms with Crippen molar-refractivity contribution in [1.29, 1.82) is 0 Å². The van der Waals surface area contributed by atoms with Crippen LogP contribution in [0.4, 0.5) is 0 Å².